The predicted octanol–water partition coefficient (Wildman–Crippen LogP) is 2.07. The molecule has 0 radical (unpaired) electrons. The van der Waals surface area contributed by atoms with Crippen molar-refractivity contribution in [2.45, 2.75) is 58.6 Å². The number of hydrogen-bond acceptors (Lipinski definition) is 3. The molecule has 0 atom stereocenters. The van der Waals surface area contributed by atoms with E-state index >= 15 is 0 Å². The summed E-state index contributed by atoms with van der Waals surface area (Å²) < 4.78 is 1.71. The quantitative estimate of drug-likeness (QED) is 0.815. The molecule has 5 nitrogen and oxygen atoms in total. The third kappa shape index (κ3) is 2.90. The molecule has 1 fully saturated rings. The van der Waals surface area contributed by atoms with Crippen LogP contribution in [-0.4, -0.2) is 21.8 Å². The summed E-state index contributed by atoms with van der Waals surface area (Å²) in [5.41, 5.74) is 4.06. The molecular formula is C13H21N3O2. The van der Waals surface area contributed by atoms with Crippen LogP contribution in [0.4, 0.5) is 0 Å². The molecule has 1 N–H and O–H groups in total. The number of rotatable bonds is 5. The largest absolute Gasteiger partial charge is 0.293 e. The molecule has 0 aliphatic heterocycles. The van der Waals surface area contributed by atoms with Crippen LogP contribution in [0.3, 0.4) is 0 Å². The molecule has 1 saturated carbocycles. The summed E-state index contributed by atoms with van der Waals surface area (Å²) in [6.45, 7) is 4.69. The maximum atomic E-state index is 12.0. The zero-order valence-electron chi connectivity index (χ0n) is 11.1. The third-order valence-electron chi connectivity index (χ3n) is 3.35. The molecule has 1 aliphatic carbocycles. The minimum atomic E-state index is -0.198. The lowest BCUT2D eigenvalue weighted by Crippen LogP contribution is -2.30. The number of carbonyl (C=O) groups excluding carboxylic acids is 1. The topological polar surface area (TPSA) is 56.1 Å². The highest BCUT2D eigenvalue weighted by molar-refractivity contribution is 5.91. The van der Waals surface area contributed by atoms with Crippen LogP contribution in [0.15, 0.2) is 6.07 Å². The van der Waals surface area contributed by atoms with Crippen molar-refractivity contribution in [2.24, 2.45) is 0 Å². The van der Waals surface area contributed by atoms with Gasteiger partial charge in [0.25, 0.3) is 5.91 Å². The summed E-state index contributed by atoms with van der Waals surface area (Å²) in [6.07, 6.45) is 5.45. The molecule has 100 valence electrons. The molecule has 1 aromatic rings. The number of amides is 1. The summed E-state index contributed by atoms with van der Waals surface area (Å²) >= 11 is 0. The molecule has 0 unspecified atom stereocenters. The number of aryl methyl sites for hydroxylation is 2. The minimum Gasteiger partial charge on any atom is -0.270 e. The number of carbonyl (C=O) groups is 1. The molecule has 1 heterocycles. The van der Waals surface area contributed by atoms with Crippen molar-refractivity contribution in [3.05, 3.63) is 17.5 Å². The van der Waals surface area contributed by atoms with E-state index in [0.29, 0.717) is 12.2 Å². The molecule has 0 bridgehead atoms. The summed E-state index contributed by atoms with van der Waals surface area (Å²) in [5, 5.41) is 4.35. The SMILES string of the molecule is CCc1cc(C(=O)NOC2CCCC2)n(CC)n1. The fourth-order valence-electron chi connectivity index (χ4n) is 2.26. The highest BCUT2D eigenvalue weighted by Gasteiger charge is 2.19. The maximum absolute atomic E-state index is 12.0. The Kier molecular flexibility index (Phi) is 4.36. The van der Waals surface area contributed by atoms with Gasteiger partial charge < -0.3 is 0 Å². The fraction of sp³-hybridized carbons (Fsp3) is 0.692. The van der Waals surface area contributed by atoms with Crippen LogP contribution in [0.25, 0.3) is 0 Å². The Labute approximate surface area is 107 Å². The first-order chi connectivity index (χ1) is 8.74. The zero-order valence-corrected chi connectivity index (χ0v) is 11.1. The molecule has 1 amide bonds. The molecule has 18 heavy (non-hydrogen) atoms. The van der Waals surface area contributed by atoms with Crippen molar-refractivity contribution in [2.75, 3.05) is 0 Å². The van der Waals surface area contributed by atoms with Gasteiger partial charge in [0.2, 0.25) is 0 Å². The van der Waals surface area contributed by atoms with Gasteiger partial charge in [0.1, 0.15) is 5.69 Å². The molecular weight excluding hydrogens is 230 g/mol. The second kappa shape index (κ2) is 6.00. The molecule has 0 spiro atoms. The minimum absolute atomic E-state index is 0.178. The van der Waals surface area contributed by atoms with Crippen molar-refractivity contribution < 1.29 is 9.63 Å². The van der Waals surface area contributed by atoms with Crippen LogP contribution < -0.4 is 5.48 Å². The summed E-state index contributed by atoms with van der Waals surface area (Å²) in [7, 11) is 0. The lowest BCUT2D eigenvalue weighted by molar-refractivity contribution is -0.0130. The van der Waals surface area contributed by atoms with Gasteiger partial charge in [-0.05, 0) is 32.3 Å². The first-order valence-electron chi connectivity index (χ1n) is 6.77. The van der Waals surface area contributed by atoms with Crippen molar-refractivity contribution in [1.82, 2.24) is 15.3 Å². The van der Waals surface area contributed by atoms with Gasteiger partial charge in [0.15, 0.2) is 0 Å². The highest BCUT2D eigenvalue weighted by atomic mass is 16.7. The van der Waals surface area contributed by atoms with Gasteiger partial charge in [-0.1, -0.05) is 19.8 Å². The Morgan fingerprint density at radius 3 is 2.83 bits per heavy atom. The van der Waals surface area contributed by atoms with Crippen LogP contribution in [0.1, 0.15) is 55.7 Å². The smallest absolute Gasteiger partial charge is 0.270 e. The third-order valence-corrected chi connectivity index (χ3v) is 3.35. The van der Waals surface area contributed by atoms with Crippen LogP contribution >= 0.6 is 0 Å². The first kappa shape index (κ1) is 13.1. The van der Waals surface area contributed by atoms with E-state index < -0.39 is 0 Å². The second-order valence-electron chi connectivity index (χ2n) is 4.65. The van der Waals surface area contributed by atoms with Gasteiger partial charge in [-0.25, -0.2) is 5.48 Å². The standard InChI is InChI=1S/C13H21N3O2/c1-3-10-9-12(16(4-2)14-10)13(17)15-18-11-7-5-6-8-11/h9,11H,3-8H2,1-2H3,(H,15,17). The lowest BCUT2D eigenvalue weighted by Gasteiger charge is -2.11. The van der Waals surface area contributed by atoms with Crippen LogP contribution in [0.5, 0.6) is 0 Å². The van der Waals surface area contributed by atoms with E-state index in [1.165, 1.54) is 12.8 Å². The average Bonchev–Trinajstić information content (AvgIpc) is 3.04. The summed E-state index contributed by atoms with van der Waals surface area (Å²) in [6, 6.07) is 1.83. The van der Waals surface area contributed by atoms with Crippen LogP contribution in [0.2, 0.25) is 0 Å². The number of aromatic nitrogens is 2. The van der Waals surface area contributed by atoms with E-state index in [0.717, 1.165) is 25.0 Å². The zero-order chi connectivity index (χ0) is 13.0. The van der Waals surface area contributed by atoms with Gasteiger partial charge in [-0.2, -0.15) is 5.10 Å². The lowest BCUT2D eigenvalue weighted by atomic mass is 10.3. The number of hydrogen-bond donors (Lipinski definition) is 1. The Balaban J connectivity index is 1.96. The molecule has 1 aliphatic rings. The Morgan fingerprint density at radius 2 is 2.22 bits per heavy atom. The highest BCUT2D eigenvalue weighted by Crippen LogP contribution is 2.20. The van der Waals surface area contributed by atoms with E-state index in [9.17, 15) is 4.79 Å². The van der Waals surface area contributed by atoms with Crippen molar-refractivity contribution in [3.63, 3.8) is 0 Å². The monoisotopic (exact) mass is 251 g/mol. The summed E-state index contributed by atoms with van der Waals surface area (Å²) in [5.74, 6) is -0.198. The molecule has 0 aromatic carbocycles. The average molecular weight is 251 g/mol. The maximum Gasteiger partial charge on any atom is 0.293 e. The van der Waals surface area contributed by atoms with E-state index in [2.05, 4.69) is 10.6 Å². The molecule has 0 saturated heterocycles. The Hall–Kier alpha value is -1.36. The van der Waals surface area contributed by atoms with E-state index in [1.807, 2.05) is 19.9 Å². The number of hydroxylamine groups is 1. The van der Waals surface area contributed by atoms with Gasteiger partial charge in [0.05, 0.1) is 11.8 Å². The van der Waals surface area contributed by atoms with Gasteiger partial charge in [-0.15, -0.1) is 0 Å². The molecule has 2 rings (SSSR count). The van der Waals surface area contributed by atoms with Crippen molar-refractivity contribution >= 4 is 5.91 Å². The van der Waals surface area contributed by atoms with Gasteiger partial charge in [-0.3, -0.25) is 14.3 Å². The fourth-order valence-corrected chi connectivity index (χ4v) is 2.26. The molecule has 1 aromatic heterocycles. The van der Waals surface area contributed by atoms with Crippen molar-refractivity contribution in [1.29, 1.82) is 0 Å². The van der Waals surface area contributed by atoms with E-state index in [1.54, 1.807) is 4.68 Å². The molecule has 5 heteroatoms. The number of nitrogens with one attached hydrogen (secondary N) is 1. The van der Waals surface area contributed by atoms with Crippen LogP contribution in [-0.2, 0) is 17.8 Å². The van der Waals surface area contributed by atoms with E-state index in [-0.39, 0.29) is 12.0 Å². The van der Waals surface area contributed by atoms with Gasteiger partial charge in [0, 0.05) is 6.54 Å². The Bertz CT molecular complexity index is 408. The Morgan fingerprint density at radius 1 is 1.50 bits per heavy atom. The van der Waals surface area contributed by atoms with E-state index in [4.69, 9.17) is 4.84 Å². The first-order valence-corrected chi connectivity index (χ1v) is 6.77. The summed E-state index contributed by atoms with van der Waals surface area (Å²) in [4.78, 5) is 17.4. The second-order valence-corrected chi connectivity index (χ2v) is 4.65. The number of nitrogens with zero attached hydrogens (tertiary/aromatic N) is 2. The van der Waals surface area contributed by atoms with Gasteiger partial charge >= 0.3 is 0 Å². The van der Waals surface area contributed by atoms with Crippen molar-refractivity contribution in [3.8, 4) is 0 Å². The predicted molar refractivity (Wildman–Crippen MR) is 68.1 cm³/mol. The van der Waals surface area contributed by atoms with Crippen LogP contribution in [0, 0.1) is 0 Å². The normalized spacial score (nSPS) is 16.1.